The highest BCUT2D eigenvalue weighted by molar-refractivity contribution is 6.30. The summed E-state index contributed by atoms with van der Waals surface area (Å²) in [5.74, 6) is 2.28. The molecule has 1 aromatic rings. The lowest BCUT2D eigenvalue weighted by Gasteiger charge is -2.23. The van der Waals surface area contributed by atoms with E-state index < -0.39 is 0 Å². The molecular formula is C16H24ClN3O2. The smallest absolute Gasteiger partial charge is 0.193 e. The number of nitrogens with one attached hydrogen (secondary N) is 1. The molecule has 22 heavy (non-hydrogen) atoms. The van der Waals surface area contributed by atoms with Crippen LogP contribution in [0.5, 0.6) is 5.75 Å². The van der Waals surface area contributed by atoms with Gasteiger partial charge in [0.2, 0.25) is 0 Å². The highest BCUT2D eigenvalue weighted by Crippen LogP contribution is 2.15. The van der Waals surface area contributed by atoms with Gasteiger partial charge in [0.05, 0.1) is 13.2 Å². The van der Waals surface area contributed by atoms with Gasteiger partial charge in [0.25, 0.3) is 0 Å². The van der Waals surface area contributed by atoms with Gasteiger partial charge in [-0.25, -0.2) is 0 Å². The lowest BCUT2D eigenvalue weighted by molar-refractivity contribution is 0.186. The zero-order valence-corrected chi connectivity index (χ0v) is 14.0. The molecule has 1 aromatic carbocycles. The van der Waals surface area contributed by atoms with E-state index in [9.17, 15) is 0 Å². The fraction of sp³-hybridized carbons (Fsp3) is 0.562. The Kier molecular flexibility index (Phi) is 6.80. The van der Waals surface area contributed by atoms with Crippen LogP contribution in [-0.2, 0) is 4.74 Å². The molecule has 0 amide bonds. The van der Waals surface area contributed by atoms with Crippen molar-refractivity contribution in [2.45, 2.75) is 6.42 Å². The molecule has 0 spiro atoms. The standard InChI is InChI=1S/C16H24ClN3O2/c1-18-16(19-11-13-7-9-21-12-13)20(2)8-10-22-15-5-3-14(17)4-6-15/h3-6,13H,7-12H2,1-2H3,(H,18,19). The Morgan fingerprint density at radius 3 is 2.86 bits per heavy atom. The average molecular weight is 326 g/mol. The summed E-state index contributed by atoms with van der Waals surface area (Å²) in [7, 11) is 3.80. The fourth-order valence-electron chi connectivity index (χ4n) is 2.30. The van der Waals surface area contributed by atoms with Crippen LogP contribution in [0.4, 0.5) is 0 Å². The molecule has 1 N–H and O–H groups in total. The van der Waals surface area contributed by atoms with E-state index in [2.05, 4.69) is 15.2 Å². The molecule has 0 saturated carbocycles. The lowest BCUT2D eigenvalue weighted by Crippen LogP contribution is -2.42. The second-order valence-electron chi connectivity index (χ2n) is 5.38. The van der Waals surface area contributed by atoms with Gasteiger partial charge in [-0.2, -0.15) is 0 Å². The van der Waals surface area contributed by atoms with Crippen LogP contribution >= 0.6 is 11.6 Å². The number of aliphatic imine (C=N–C) groups is 1. The topological polar surface area (TPSA) is 46.1 Å². The third-order valence-corrected chi connectivity index (χ3v) is 3.91. The predicted molar refractivity (Wildman–Crippen MR) is 89.9 cm³/mol. The molecule has 0 bridgehead atoms. The highest BCUT2D eigenvalue weighted by Gasteiger charge is 2.16. The van der Waals surface area contributed by atoms with E-state index in [4.69, 9.17) is 21.1 Å². The molecule has 6 heteroatoms. The lowest BCUT2D eigenvalue weighted by atomic mass is 10.1. The Labute approximate surface area is 137 Å². The molecule has 1 fully saturated rings. The number of guanidine groups is 1. The van der Waals surface area contributed by atoms with Crippen LogP contribution in [0.3, 0.4) is 0 Å². The van der Waals surface area contributed by atoms with Crippen molar-refractivity contribution in [2.75, 3.05) is 47.0 Å². The summed E-state index contributed by atoms with van der Waals surface area (Å²) in [5, 5.41) is 4.10. The number of hydrogen-bond acceptors (Lipinski definition) is 3. The first-order valence-electron chi connectivity index (χ1n) is 7.57. The summed E-state index contributed by atoms with van der Waals surface area (Å²) in [6, 6.07) is 7.39. The molecule has 1 atom stereocenters. The fourth-order valence-corrected chi connectivity index (χ4v) is 2.43. The van der Waals surface area contributed by atoms with E-state index in [0.29, 0.717) is 17.5 Å². The number of nitrogens with zero attached hydrogens (tertiary/aromatic N) is 2. The van der Waals surface area contributed by atoms with Crippen molar-refractivity contribution in [1.29, 1.82) is 0 Å². The molecule has 5 nitrogen and oxygen atoms in total. The monoisotopic (exact) mass is 325 g/mol. The van der Waals surface area contributed by atoms with Crippen LogP contribution in [0.25, 0.3) is 0 Å². The second-order valence-corrected chi connectivity index (χ2v) is 5.82. The van der Waals surface area contributed by atoms with Crippen LogP contribution in [0, 0.1) is 5.92 Å². The Balaban J connectivity index is 1.69. The average Bonchev–Trinajstić information content (AvgIpc) is 3.03. The normalized spacial score (nSPS) is 18.3. The maximum Gasteiger partial charge on any atom is 0.193 e. The Morgan fingerprint density at radius 2 is 2.23 bits per heavy atom. The molecule has 0 aliphatic carbocycles. The SMILES string of the molecule is CN=C(NCC1CCOC1)N(C)CCOc1ccc(Cl)cc1. The molecule has 1 aliphatic heterocycles. The Hall–Kier alpha value is -1.46. The van der Waals surface area contributed by atoms with Gasteiger partial charge in [-0.1, -0.05) is 11.6 Å². The maximum absolute atomic E-state index is 5.85. The van der Waals surface area contributed by atoms with Gasteiger partial charge in [0.1, 0.15) is 12.4 Å². The van der Waals surface area contributed by atoms with Gasteiger partial charge in [0.15, 0.2) is 5.96 Å². The van der Waals surface area contributed by atoms with Crippen LogP contribution in [0.15, 0.2) is 29.3 Å². The number of hydrogen-bond donors (Lipinski definition) is 1. The summed E-state index contributed by atoms with van der Waals surface area (Å²) in [4.78, 5) is 6.37. The second kappa shape index (κ2) is 8.86. The van der Waals surface area contributed by atoms with Crippen LogP contribution in [0.2, 0.25) is 5.02 Å². The van der Waals surface area contributed by atoms with Crippen molar-refractivity contribution in [3.05, 3.63) is 29.3 Å². The van der Waals surface area contributed by atoms with Crippen LogP contribution in [-0.4, -0.2) is 57.9 Å². The Morgan fingerprint density at radius 1 is 1.45 bits per heavy atom. The van der Waals surface area contributed by atoms with Gasteiger partial charge < -0.3 is 19.7 Å². The number of ether oxygens (including phenoxy) is 2. The molecule has 122 valence electrons. The number of halogens is 1. The summed E-state index contributed by atoms with van der Waals surface area (Å²) in [6.45, 7) is 3.95. The van der Waals surface area contributed by atoms with E-state index in [-0.39, 0.29) is 0 Å². The Bertz CT molecular complexity index is 473. The van der Waals surface area contributed by atoms with E-state index >= 15 is 0 Å². The van der Waals surface area contributed by atoms with E-state index in [1.54, 1.807) is 7.05 Å². The van der Waals surface area contributed by atoms with Gasteiger partial charge in [0, 0.05) is 38.2 Å². The number of benzene rings is 1. The maximum atomic E-state index is 5.85. The van der Waals surface area contributed by atoms with Crippen molar-refractivity contribution in [2.24, 2.45) is 10.9 Å². The number of likely N-dealkylation sites (N-methyl/N-ethyl adjacent to an activating group) is 1. The minimum absolute atomic E-state index is 0.579. The number of rotatable bonds is 6. The molecule has 2 rings (SSSR count). The minimum Gasteiger partial charge on any atom is -0.492 e. The summed E-state index contributed by atoms with van der Waals surface area (Å²) >= 11 is 5.85. The summed E-state index contributed by atoms with van der Waals surface area (Å²) < 4.78 is 11.1. The summed E-state index contributed by atoms with van der Waals surface area (Å²) in [5.41, 5.74) is 0. The van der Waals surface area contributed by atoms with E-state index in [1.165, 1.54) is 0 Å². The van der Waals surface area contributed by atoms with Crippen molar-refractivity contribution in [3.63, 3.8) is 0 Å². The van der Waals surface area contributed by atoms with Crippen molar-refractivity contribution >= 4 is 17.6 Å². The molecule has 0 radical (unpaired) electrons. The van der Waals surface area contributed by atoms with Crippen LogP contribution in [0.1, 0.15) is 6.42 Å². The van der Waals surface area contributed by atoms with E-state index in [1.807, 2.05) is 31.3 Å². The zero-order chi connectivity index (χ0) is 15.8. The first-order valence-corrected chi connectivity index (χ1v) is 7.94. The first-order chi connectivity index (χ1) is 10.7. The van der Waals surface area contributed by atoms with Gasteiger partial charge in [-0.15, -0.1) is 0 Å². The molecular weight excluding hydrogens is 302 g/mol. The minimum atomic E-state index is 0.579. The van der Waals surface area contributed by atoms with Crippen molar-refractivity contribution in [3.8, 4) is 5.75 Å². The largest absolute Gasteiger partial charge is 0.492 e. The first kappa shape index (κ1) is 16.9. The van der Waals surface area contributed by atoms with Gasteiger partial charge in [-0.3, -0.25) is 4.99 Å². The van der Waals surface area contributed by atoms with E-state index in [0.717, 1.165) is 44.4 Å². The highest BCUT2D eigenvalue weighted by atomic mass is 35.5. The molecule has 1 aliphatic rings. The third-order valence-electron chi connectivity index (χ3n) is 3.66. The quantitative estimate of drug-likeness (QED) is 0.644. The predicted octanol–water partition coefficient (Wildman–Crippen LogP) is 2.26. The van der Waals surface area contributed by atoms with Crippen LogP contribution < -0.4 is 10.1 Å². The zero-order valence-electron chi connectivity index (χ0n) is 13.2. The van der Waals surface area contributed by atoms with Crippen molar-refractivity contribution < 1.29 is 9.47 Å². The van der Waals surface area contributed by atoms with Gasteiger partial charge in [-0.05, 0) is 30.7 Å². The van der Waals surface area contributed by atoms with Crippen molar-refractivity contribution in [1.82, 2.24) is 10.2 Å². The molecule has 0 aromatic heterocycles. The molecule has 1 heterocycles. The third kappa shape index (κ3) is 5.39. The summed E-state index contributed by atoms with van der Waals surface area (Å²) in [6.07, 6.45) is 1.12. The molecule has 1 unspecified atom stereocenters. The van der Waals surface area contributed by atoms with Gasteiger partial charge >= 0.3 is 0 Å². The molecule has 1 saturated heterocycles.